The van der Waals surface area contributed by atoms with Crippen LogP contribution in [-0.4, -0.2) is 16.7 Å². The van der Waals surface area contributed by atoms with Crippen LogP contribution in [0.25, 0.3) is 21.3 Å². The minimum atomic E-state index is 0.0357. The van der Waals surface area contributed by atoms with Gasteiger partial charge in [0.25, 0.3) is 0 Å². The number of nitrogens with one attached hydrogen (secondary N) is 2. The molecule has 0 aliphatic heterocycles. The molecule has 28 heavy (non-hydrogen) atoms. The fourth-order valence-electron chi connectivity index (χ4n) is 3.70. The molecule has 4 nitrogen and oxygen atoms in total. The van der Waals surface area contributed by atoms with Crippen molar-refractivity contribution in [2.24, 2.45) is 0 Å². The molecule has 138 valence electrons. The molecule has 0 atom stereocenters. The summed E-state index contributed by atoms with van der Waals surface area (Å²) in [6, 6.07) is 17.3. The van der Waals surface area contributed by atoms with Gasteiger partial charge in [0, 0.05) is 28.7 Å². The third-order valence-electron chi connectivity index (χ3n) is 4.92. The third-order valence-corrected chi connectivity index (χ3v) is 6.13. The molecule has 2 N–H and O–H groups in total. The van der Waals surface area contributed by atoms with Crippen LogP contribution in [0, 0.1) is 0 Å². The monoisotopic (exact) mass is 405 g/mol. The predicted molar refractivity (Wildman–Crippen MR) is 117 cm³/mol. The van der Waals surface area contributed by atoms with Crippen molar-refractivity contribution in [3.05, 3.63) is 70.7 Å². The first kappa shape index (κ1) is 17.2. The summed E-state index contributed by atoms with van der Waals surface area (Å²) < 4.78 is 5.67. The Morgan fingerprint density at radius 1 is 0.964 bits per heavy atom. The van der Waals surface area contributed by atoms with Gasteiger partial charge in [-0.05, 0) is 48.8 Å². The van der Waals surface area contributed by atoms with Gasteiger partial charge < -0.3 is 10.6 Å². The van der Waals surface area contributed by atoms with Crippen LogP contribution in [0.15, 0.2) is 54.6 Å². The van der Waals surface area contributed by atoms with Gasteiger partial charge in [0.2, 0.25) is 0 Å². The molecule has 3 aromatic carbocycles. The van der Waals surface area contributed by atoms with Crippen LogP contribution >= 0.6 is 23.1 Å². The van der Waals surface area contributed by atoms with E-state index in [0.29, 0.717) is 16.1 Å². The molecule has 1 aliphatic carbocycles. The molecule has 0 fully saturated rings. The summed E-state index contributed by atoms with van der Waals surface area (Å²) in [5.74, 6) is 0.0357. The Hall–Kier alpha value is -2.89. The standard InChI is InChI=1S/C22H16ClN3OS/c1-2-24-16-9-5-6-12-18(16)21(27)13-10-11-17(22-19(13)20(12)26-28-22)25-15-8-4-3-7-14(15)23/h3-11,24-25H,2H2,1H3. The number of fused-ring (bicyclic) bond motifs is 2. The first-order chi connectivity index (χ1) is 13.7. The van der Waals surface area contributed by atoms with E-state index < -0.39 is 0 Å². The molecule has 6 heteroatoms. The summed E-state index contributed by atoms with van der Waals surface area (Å²) >= 11 is 7.70. The van der Waals surface area contributed by atoms with E-state index >= 15 is 0 Å². The molecule has 0 bridgehead atoms. The normalized spacial score (nSPS) is 12.1. The first-order valence-corrected chi connectivity index (χ1v) is 10.2. The molecule has 1 aliphatic rings. The number of ketones is 1. The number of anilines is 3. The Kier molecular flexibility index (Phi) is 4.07. The van der Waals surface area contributed by atoms with Crippen molar-refractivity contribution in [2.45, 2.75) is 6.92 Å². The van der Waals surface area contributed by atoms with Crippen molar-refractivity contribution in [1.29, 1.82) is 0 Å². The average Bonchev–Trinajstić information content (AvgIpc) is 3.15. The maximum Gasteiger partial charge on any atom is 0.196 e. The summed E-state index contributed by atoms with van der Waals surface area (Å²) in [5.41, 5.74) is 5.73. The number of hydrogen-bond donors (Lipinski definition) is 2. The number of hydrogen-bond acceptors (Lipinski definition) is 5. The summed E-state index contributed by atoms with van der Waals surface area (Å²) in [5, 5.41) is 8.25. The zero-order valence-corrected chi connectivity index (χ0v) is 16.6. The Bertz CT molecular complexity index is 1250. The highest BCUT2D eigenvalue weighted by Crippen LogP contribution is 2.45. The fraction of sp³-hybridized carbons (Fsp3) is 0.0909. The molecule has 5 rings (SSSR count). The zero-order valence-electron chi connectivity index (χ0n) is 15.0. The van der Waals surface area contributed by atoms with Crippen molar-refractivity contribution in [3.63, 3.8) is 0 Å². The largest absolute Gasteiger partial charge is 0.385 e. The maximum atomic E-state index is 13.3. The first-order valence-electron chi connectivity index (χ1n) is 9.05. The number of rotatable bonds is 4. The quantitative estimate of drug-likeness (QED) is 0.366. The summed E-state index contributed by atoms with van der Waals surface area (Å²) in [6.07, 6.45) is 0. The number of aromatic nitrogens is 1. The van der Waals surface area contributed by atoms with Crippen molar-refractivity contribution in [2.75, 3.05) is 17.2 Å². The van der Waals surface area contributed by atoms with Gasteiger partial charge in [-0.3, -0.25) is 4.79 Å². The highest BCUT2D eigenvalue weighted by atomic mass is 35.5. The van der Waals surface area contributed by atoms with E-state index in [1.54, 1.807) is 0 Å². The van der Waals surface area contributed by atoms with Gasteiger partial charge in [-0.1, -0.05) is 35.9 Å². The molecule has 0 spiro atoms. The van der Waals surface area contributed by atoms with Crippen LogP contribution in [-0.2, 0) is 0 Å². The molecule has 0 unspecified atom stereocenters. The van der Waals surface area contributed by atoms with E-state index in [1.165, 1.54) is 11.5 Å². The Morgan fingerprint density at radius 3 is 2.61 bits per heavy atom. The van der Waals surface area contributed by atoms with Crippen molar-refractivity contribution >= 4 is 56.1 Å². The lowest BCUT2D eigenvalue weighted by atomic mass is 9.86. The zero-order chi connectivity index (χ0) is 19.3. The molecule has 0 radical (unpaired) electrons. The number of carbonyl (C=O) groups excluding carboxylic acids is 1. The summed E-state index contributed by atoms with van der Waals surface area (Å²) in [6.45, 7) is 2.78. The SMILES string of the molecule is CCNc1cccc2c1C(=O)c1ccc(Nc3ccccc3Cl)c3snc-2c13. The highest BCUT2D eigenvalue weighted by Gasteiger charge is 2.30. The van der Waals surface area contributed by atoms with E-state index in [1.807, 2.05) is 61.5 Å². The maximum absolute atomic E-state index is 13.3. The van der Waals surface area contributed by atoms with Gasteiger partial charge in [0.15, 0.2) is 5.78 Å². The van der Waals surface area contributed by atoms with Gasteiger partial charge in [0.1, 0.15) is 0 Å². The van der Waals surface area contributed by atoms with Gasteiger partial charge in [-0.15, -0.1) is 0 Å². The Balaban J connectivity index is 1.71. The second-order valence-electron chi connectivity index (χ2n) is 6.59. The number of para-hydroxylation sites is 1. The lowest BCUT2D eigenvalue weighted by Crippen LogP contribution is -2.13. The molecular formula is C22H16ClN3OS. The summed E-state index contributed by atoms with van der Waals surface area (Å²) in [4.78, 5) is 13.3. The van der Waals surface area contributed by atoms with Gasteiger partial charge in [-0.25, -0.2) is 0 Å². The number of benzene rings is 3. The van der Waals surface area contributed by atoms with Crippen LogP contribution in [0.4, 0.5) is 17.1 Å². The fourth-order valence-corrected chi connectivity index (χ4v) is 4.77. The molecule has 1 heterocycles. The molecule has 4 aromatic rings. The number of nitrogens with zero attached hydrogens (tertiary/aromatic N) is 1. The van der Waals surface area contributed by atoms with E-state index in [4.69, 9.17) is 16.0 Å². The third kappa shape index (κ3) is 2.51. The second-order valence-corrected chi connectivity index (χ2v) is 7.77. The van der Waals surface area contributed by atoms with Gasteiger partial charge >= 0.3 is 0 Å². The Morgan fingerprint density at radius 2 is 1.79 bits per heavy atom. The van der Waals surface area contributed by atoms with Gasteiger partial charge in [0.05, 0.1) is 32.4 Å². The van der Waals surface area contributed by atoms with Crippen molar-refractivity contribution < 1.29 is 4.79 Å². The number of halogens is 1. The molecule has 1 aromatic heterocycles. The molecule has 0 saturated carbocycles. The smallest absolute Gasteiger partial charge is 0.196 e. The van der Waals surface area contributed by atoms with Crippen molar-refractivity contribution in [3.8, 4) is 11.3 Å². The topological polar surface area (TPSA) is 54.0 Å². The highest BCUT2D eigenvalue weighted by molar-refractivity contribution is 7.14. The second kappa shape index (κ2) is 6.62. The molecule has 0 saturated heterocycles. The van der Waals surface area contributed by atoms with Crippen LogP contribution in [0.1, 0.15) is 22.8 Å². The van der Waals surface area contributed by atoms with E-state index in [9.17, 15) is 4.79 Å². The van der Waals surface area contributed by atoms with E-state index in [2.05, 4.69) is 10.6 Å². The van der Waals surface area contributed by atoms with Crippen LogP contribution in [0.5, 0.6) is 0 Å². The van der Waals surface area contributed by atoms with Crippen LogP contribution in [0.3, 0.4) is 0 Å². The lowest BCUT2D eigenvalue weighted by Gasteiger charge is -2.19. The van der Waals surface area contributed by atoms with Crippen molar-refractivity contribution in [1.82, 2.24) is 4.37 Å². The number of carbonyl (C=O) groups is 1. The van der Waals surface area contributed by atoms with Gasteiger partial charge in [-0.2, -0.15) is 4.37 Å². The minimum absolute atomic E-state index is 0.0357. The minimum Gasteiger partial charge on any atom is -0.385 e. The van der Waals surface area contributed by atoms with Crippen LogP contribution in [0.2, 0.25) is 5.02 Å². The Labute approximate surface area is 171 Å². The molecular weight excluding hydrogens is 390 g/mol. The lowest BCUT2D eigenvalue weighted by molar-refractivity contribution is 0.104. The molecule has 0 amide bonds. The summed E-state index contributed by atoms with van der Waals surface area (Å²) in [7, 11) is 0. The van der Waals surface area contributed by atoms with E-state index in [0.717, 1.165) is 45.0 Å². The van der Waals surface area contributed by atoms with E-state index in [-0.39, 0.29) is 5.78 Å². The van der Waals surface area contributed by atoms with Crippen LogP contribution < -0.4 is 10.6 Å². The average molecular weight is 406 g/mol. The predicted octanol–water partition coefficient (Wildman–Crippen LogP) is 6.34.